The number of benzene rings is 1. The van der Waals surface area contributed by atoms with Crippen molar-refractivity contribution >= 4 is 16.6 Å². The maximum atomic E-state index is 5.27. The fourth-order valence-electron chi connectivity index (χ4n) is 1.55. The third kappa shape index (κ3) is 2.46. The lowest BCUT2D eigenvalue weighted by Gasteiger charge is -2.08. The molecule has 2 rings (SSSR count). The summed E-state index contributed by atoms with van der Waals surface area (Å²) >= 11 is 0. The average molecular weight is 217 g/mol. The van der Waals surface area contributed by atoms with E-state index in [9.17, 15) is 0 Å². The highest BCUT2D eigenvalue weighted by Crippen LogP contribution is 2.19. The van der Waals surface area contributed by atoms with Crippen LogP contribution < -0.4 is 5.32 Å². The van der Waals surface area contributed by atoms with E-state index in [0.29, 0.717) is 6.61 Å². The summed E-state index contributed by atoms with van der Waals surface area (Å²) in [6, 6.07) is 7.95. The number of rotatable bonds is 5. The van der Waals surface area contributed by atoms with Gasteiger partial charge in [0.25, 0.3) is 0 Å². The summed E-state index contributed by atoms with van der Waals surface area (Å²) in [4.78, 5) is 0. The van der Waals surface area contributed by atoms with Crippen LogP contribution in [-0.2, 0) is 4.74 Å². The zero-order valence-corrected chi connectivity index (χ0v) is 9.31. The van der Waals surface area contributed by atoms with Crippen LogP contribution in [-0.4, -0.2) is 30.0 Å². The highest BCUT2D eigenvalue weighted by molar-refractivity contribution is 5.90. The number of hydrogen-bond acceptors (Lipinski definition) is 4. The quantitative estimate of drug-likeness (QED) is 0.779. The predicted molar refractivity (Wildman–Crippen MR) is 64.5 cm³/mol. The Morgan fingerprint density at radius 2 is 2.19 bits per heavy atom. The van der Waals surface area contributed by atoms with E-state index in [1.54, 1.807) is 6.20 Å². The molecule has 0 atom stereocenters. The van der Waals surface area contributed by atoms with Gasteiger partial charge in [0.1, 0.15) is 0 Å². The number of hydrogen-bond donors (Lipinski definition) is 1. The van der Waals surface area contributed by atoms with Crippen LogP contribution in [0.2, 0.25) is 0 Å². The summed E-state index contributed by atoms with van der Waals surface area (Å²) in [5.41, 5.74) is 1.91. The van der Waals surface area contributed by atoms with E-state index in [1.165, 1.54) is 0 Å². The maximum absolute atomic E-state index is 5.27. The molecule has 0 aliphatic rings. The molecule has 0 saturated carbocycles. The summed E-state index contributed by atoms with van der Waals surface area (Å²) in [6.45, 7) is 4.22. The second-order valence-electron chi connectivity index (χ2n) is 3.40. The molecule has 4 heteroatoms. The molecule has 0 fully saturated rings. The van der Waals surface area contributed by atoms with Crippen LogP contribution in [0.4, 0.5) is 5.69 Å². The fourth-order valence-corrected chi connectivity index (χ4v) is 1.55. The third-order valence-electron chi connectivity index (χ3n) is 2.31. The molecule has 0 spiro atoms. The molecule has 1 aromatic heterocycles. The summed E-state index contributed by atoms with van der Waals surface area (Å²) in [5, 5.41) is 12.4. The van der Waals surface area contributed by atoms with Crippen LogP contribution in [0, 0.1) is 0 Å². The number of fused-ring (bicyclic) bond motifs is 1. The second kappa shape index (κ2) is 5.42. The molecule has 0 saturated heterocycles. The Kier molecular flexibility index (Phi) is 3.66. The van der Waals surface area contributed by atoms with Crippen molar-refractivity contribution in [3.63, 3.8) is 0 Å². The van der Waals surface area contributed by atoms with Crippen LogP contribution in [0.5, 0.6) is 0 Å². The van der Waals surface area contributed by atoms with Gasteiger partial charge in [0.05, 0.1) is 24.0 Å². The minimum absolute atomic E-state index is 0.702. The van der Waals surface area contributed by atoms with Gasteiger partial charge < -0.3 is 10.1 Å². The fraction of sp³-hybridized carbons (Fsp3) is 0.333. The molecule has 0 aliphatic carbocycles. The van der Waals surface area contributed by atoms with E-state index < -0.39 is 0 Å². The summed E-state index contributed by atoms with van der Waals surface area (Å²) < 4.78 is 5.27. The van der Waals surface area contributed by atoms with Gasteiger partial charge in [-0.15, -0.1) is 0 Å². The Bertz CT molecular complexity index is 453. The molecule has 0 bridgehead atoms. The van der Waals surface area contributed by atoms with Crippen molar-refractivity contribution in [2.45, 2.75) is 6.92 Å². The van der Waals surface area contributed by atoms with Crippen molar-refractivity contribution in [2.24, 2.45) is 0 Å². The molecule has 1 N–H and O–H groups in total. The minimum Gasteiger partial charge on any atom is -0.381 e. The van der Waals surface area contributed by atoms with Crippen molar-refractivity contribution in [3.8, 4) is 0 Å². The summed E-state index contributed by atoms with van der Waals surface area (Å²) in [6.07, 6.45) is 1.74. The van der Waals surface area contributed by atoms with Gasteiger partial charge in [-0.05, 0) is 13.0 Å². The Balaban J connectivity index is 2.11. The molecule has 84 valence electrons. The van der Waals surface area contributed by atoms with Crippen LogP contribution in [0.1, 0.15) is 6.92 Å². The number of nitrogens with one attached hydrogen (secondary N) is 1. The molecule has 16 heavy (non-hydrogen) atoms. The second-order valence-corrected chi connectivity index (χ2v) is 3.40. The van der Waals surface area contributed by atoms with Gasteiger partial charge in [-0.2, -0.15) is 10.2 Å². The first-order valence-electron chi connectivity index (χ1n) is 5.44. The normalized spacial score (nSPS) is 10.6. The largest absolute Gasteiger partial charge is 0.381 e. The van der Waals surface area contributed by atoms with E-state index in [0.717, 1.165) is 29.7 Å². The monoisotopic (exact) mass is 217 g/mol. The van der Waals surface area contributed by atoms with Crippen molar-refractivity contribution < 1.29 is 4.74 Å². The smallest absolute Gasteiger partial charge is 0.0950 e. The summed E-state index contributed by atoms with van der Waals surface area (Å²) in [7, 11) is 0. The maximum Gasteiger partial charge on any atom is 0.0950 e. The van der Waals surface area contributed by atoms with Crippen LogP contribution in [0.15, 0.2) is 30.5 Å². The molecular formula is C12H15N3O. The molecule has 2 aromatic rings. The van der Waals surface area contributed by atoms with Gasteiger partial charge in [0.15, 0.2) is 0 Å². The lowest BCUT2D eigenvalue weighted by Crippen LogP contribution is -2.09. The molecular weight excluding hydrogens is 202 g/mol. The zero-order valence-electron chi connectivity index (χ0n) is 9.31. The van der Waals surface area contributed by atoms with Gasteiger partial charge >= 0.3 is 0 Å². The van der Waals surface area contributed by atoms with Gasteiger partial charge in [-0.25, -0.2) is 0 Å². The molecule has 0 unspecified atom stereocenters. The minimum atomic E-state index is 0.702. The predicted octanol–water partition coefficient (Wildman–Crippen LogP) is 2.08. The van der Waals surface area contributed by atoms with E-state index in [1.807, 2.05) is 31.2 Å². The van der Waals surface area contributed by atoms with Crippen molar-refractivity contribution in [2.75, 3.05) is 25.1 Å². The Hall–Kier alpha value is -1.68. The van der Waals surface area contributed by atoms with Gasteiger partial charge in [0.2, 0.25) is 0 Å². The van der Waals surface area contributed by atoms with Gasteiger partial charge in [-0.3, -0.25) is 0 Å². The Morgan fingerprint density at radius 1 is 1.31 bits per heavy atom. The SMILES string of the molecule is CCOCCNc1cnnc2ccccc12. The number of aromatic nitrogens is 2. The lowest BCUT2D eigenvalue weighted by molar-refractivity contribution is 0.158. The average Bonchev–Trinajstić information content (AvgIpc) is 2.35. The van der Waals surface area contributed by atoms with E-state index in [4.69, 9.17) is 4.74 Å². The topological polar surface area (TPSA) is 47.0 Å². The van der Waals surface area contributed by atoms with E-state index >= 15 is 0 Å². The first-order valence-corrected chi connectivity index (χ1v) is 5.44. The van der Waals surface area contributed by atoms with Gasteiger partial charge in [-0.1, -0.05) is 18.2 Å². The lowest BCUT2D eigenvalue weighted by atomic mass is 10.2. The van der Waals surface area contributed by atoms with Crippen molar-refractivity contribution in [1.29, 1.82) is 0 Å². The molecule has 0 radical (unpaired) electrons. The Morgan fingerprint density at radius 3 is 3.06 bits per heavy atom. The van der Waals surface area contributed by atoms with Crippen LogP contribution in [0.25, 0.3) is 10.9 Å². The first kappa shape index (κ1) is 10.8. The molecule has 1 aromatic carbocycles. The molecule has 4 nitrogen and oxygen atoms in total. The van der Waals surface area contributed by atoms with Crippen molar-refractivity contribution in [3.05, 3.63) is 30.5 Å². The summed E-state index contributed by atoms with van der Waals surface area (Å²) in [5.74, 6) is 0. The van der Waals surface area contributed by atoms with Gasteiger partial charge in [0, 0.05) is 18.5 Å². The van der Waals surface area contributed by atoms with E-state index in [-0.39, 0.29) is 0 Å². The molecule has 0 aliphatic heterocycles. The number of anilines is 1. The highest BCUT2D eigenvalue weighted by atomic mass is 16.5. The zero-order chi connectivity index (χ0) is 11.2. The first-order chi connectivity index (χ1) is 7.92. The van der Waals surface area contributed by atoms with Crippen molar-refractivity contribution in [1.82, 2.24) is 10.2 Å². The number of ether oxygens (including phenoxy) is 1. The standard InChI is InChI=1S/C12H15N3O/c1-2-16-8-7-13-12-9-14-15-11-6-4-3-5-10(11)12/h3-6,9H,2,7-8H2,1H3,(H,13,15). The third-order valence-corrected chi connectivity index (χ3v) is 2.31. The molecule has 1 heterocycles. The molecule has 0 amide bonds. The van der Waals surface area contributed by atoms with E-state index in [2.05, 4.69) is 15.5 Å². The Labute approximate surface area is 94.6 Å². The van der Waals surface area contributed by atoms with Crippen LogP contribution in [0.3, 0.4) is 0 Å². The number of nitrogens with zero attached hydrogens (tertiary/aromatic N) is 2. The highest BCUT2D eigenvalue weighted by Gasteiger charge is 2.00. The van der Waals surface area contributed by atoms with Crippen LogP contribution >= 0.6 is 0 Å².